The van der Waals surface area contributed by atoms with Crippen molar-refractivity contribution < 1.29 is 5.11 Å². The predicted molar refractivity (Wildman–Crippen MR) is 78.6 cm³/mol. The predicted octanol–water partition coefficient (Wildman–Crippen LogP) is 1.33. The molecule has 3 rings (SSSR count). The first-order valence-corrected chi connectivity index (χ1v) is 7.82. The van der Waals surface area contributed by atoms with Crippen LogP contribution in [0.2, 0.25) is 0 Å². The van der Waals surface area contributed by atoms with Crippen molar-refractivity contribution in [3.05, 3.63) is 25.8 Å². The van der Waals surface area contributed by atoms with E-state index in [1.807, 2.05) is 0 Å². The molecular formula is C12H14BrN3O2S. The highest BCUT2D eigenvalue weighted by Crippen LogP contribution is 2.27. The van der Waals surface area contributed by atoms with Crippen molar-refractivity contribution >= 4 is 38.2 Å². The molecule has 0 aliphatic carbocycles. The summed E-state index contributed by atoms with van der Waals surface area (Å²) in [5.41, 5.74) is -0.194. The van der Waals surface area contributed by atoms with Crippen LogP contribution in [0.1, 0.15) is 12.8 Å². The summed E-state index contributed by atoms with van der Waals surface area (Å²) in [6.07, 6.45) is 2.85. The van der Waals surface area contributed by atoms with Crippen LogP contribution in [-0.2, 0) is 6.54 Å². The number of aliphatic hydroxyl groups is 1. The van der Waals surface area contributed by atoms with Crippen LogP contribution < -0.4 is 10.9 Å². The zero-order valence-corrected chi connectivity index (χ0v) is 12.6. The molecule has 0 spiro atoms. The van der Waals surface area contributed by atoms with Crippen molar-refractivity contribution in [2.45, 2.75) is 25.0 Å². The van der Waals surface area contributed by atoms with E-state index in [9.17, 15) is 9.90 Å². The maximum absolute atomic E-state index is 12.3. The summed E-state index contributed by atoms with van der Waals surface area (Å²) in [4.78, 5) is 16.6. The molecule has 1 aliphatic rings. The van der Waals surface area contributed by atoms with Crippen molar-refractivity contribution in [1.29, 1.82) is 0 Å². The quantitative estimate of drug-likeness (QED) is 0.863. The van der Waals surface area contributed by atoms with E-state index in [4.69, 9.17) is 0 Å². The highest BCUT2D eigenvalue weighted by Gasteiger charge is 2.30. The topological polar surface area (TPSA) is 67.2 Å². The van der Waals surface area contributed by atoms with Gasteiger partial charge in [0.15, 0.2) is 0 Å². The lowest BCUT2D eigenvalue weighted by molar-refractivity contribution is -0.00627. The zero-order chi connectivity index (χ0) is 13.5. The number of aromatic nitrogens is 2. The number of hydrogen-bond donors (Lipinski definition) is 2. The van der Waals surface area contributed by atoms with Gasteiger partial charge in [-0.15, -0.1) is 11.3 Å². The molecule has 2 aromatic heterocycles. The van der Waals surface area contributed by atoms with E-state index in [-0.39, 0.29) is 5.56 Å². The van der Waals surface area contributed by atoms with Gasteiger partial charge in [0.1, 0.15) is 5.52 Å². The molecule has 2 N–H and O–H groups in total. The van der Waals surface area contributed by atoms with Crippen molar-refractivity contribution in [2.75, 3.05) is 13.1 Å². The molecule has 0 radical (unpaired) electrons. The van der Waals surface area contributed by atoms with Crippen molar-refractivity contribution in [2.24, 2.45) is 0 Å². The Balaban J connectivity index is 1.97. The second-order valence-electron chi connectivity index (χ2n) is 4.92. The lowest BCUT2D eigenvalue weighted by Gasteiger charge is -2.32. The first kappa shape index (κ1) is 13.2. The highest BCUT2D eigenvalue weighted by molar-refractivity contribution is 9.11. The maximum Gasteiger partial charge on any atom is 0.262 e. The molecule has 1 saturated heterocycles. The molecular weight excluding hydrogens is 330 g/mol. The Morgan fingerprint density at radius 3 is 3.00 bits per heavy atom. The van der Waals surface area contributed by atoms with Crippen LogP contribution in [0.15, 0.2) is 20.3 Å². The summed E-state index contributed by atoms with van der Waals surface area (Å²) >= 11 is 4.84. The number of nitrogens with one attached hydrogen (secondary N) is 1. The Bertz CT molecular complexity index is 661. The second kappa shape index (κ2) is 4.97. The van der Waals surface area contributed by atoms with Gasteiger partial charge in [0.25, 0.3) is 5.56 Å². The molecule has 19 heavy (non-hydrogen) atoms. The van der Waals surface area contributed by atoms with E-state index in [2.05, 4.69) is 26.2 Å². The Hall–Kier alpha value is -0.760. The van der Waals surface area contributed by atoms with E-state index in [1.165, 1.54) is 22.2 Å². The Labute approximate surface area is 122 Å². The molecule has 2 aromatic rings. The van der Waals surface area contributed by atoms with Gasteiger partial charge in [0.2, 0.25) is 0 Å². The third-order valence-corrected chi connectivity index (χ3v) is 5.23. The number of rotatable bonds is 2. The summed E-state index contributed by atoms with van der Waals surface area (Å²) in [6, 6.07) is 0. The van der Waals surface area contributed by atoms with Crippen LogP contribution >= 0.6 is 27.3 Å². The van der Waals surface area contributed by atoms with Gasteiger partial charge in [-0.3, -0.25) is 9.36 Å². The molecule has 0 amide bonds. The molecule has 7 heteroatoms. The Kier molecular flexibility index (Phi) is 3.46. The van der Waals surface area contributed by atoms with E-state index >= 15 is 0 Å². The van der Waals surface area contributed by atoms with Gasteiger partial charge in [-0.25, -0.2) is 4.98 Å². The number of nitrogens with zero attached hydrogens (tertiary/aromatic N) is 2. The van der Waals surface area contributed by atoms with Gasteiger partial charge >= 0.3 is 0 Å². The van der Waals surface area contributed by atoms with Crippen LogP contribution in [0.3, 0.4) is 0 Å². The molecule has 0 bridgehead atoms. The molecule has 3 heterocycles. The standard InChI is InChI=1S/C12H14BrN3O2S/c13-10-9-8(5-19-10)11(17)16(7-15-9)6-12(18)1-3-14-4-2-12/h5,7,14,18H,1-4,6H2. The summed E-state index contributed by atoms with van der Waals surface area (Å²) in [6.45, 7) is 1.87. The summed E-state index contributed by atoms with van der Waals surface area (Å²) < 4.78 is 2.39. The molecule has 1 fully saturated rings. The van der Waals surface area contributed by atoms with Crippen LogP contribution in [0, 0.1) is 0 Å². The van der Waals surface area contributed by atoms with Gasteiger partial charge in [0.05, 0.1) is 27.6 Å². The Morgan fingerprint density at radius 1 is 1.53 bits per heavy atom. The third kappa shape index (κ3) is 2.47. The molecule has 0 atom stereocenters. The fourth-order valence-corrected chi connectivity index (χ4v) is 3.72. The fraction of sp³-hybridized carbons (Fsp3) is 0.500. The minimum absolute atomic E-state index is 0.0843. The summed E-state index contributed by atoms with van der Waals surface area (Å²) in [5.74, 6) is 0. The van der Waals surface area contributed by atoms with Gasteiger partial charge in [-0.2, -0.15) is 0 Å². The smallest absolute Gasteiger partial charge is 0.262 e. The number of fused-ring (bicyclic) bond motifs is 1. The normalized spacial score (nSPS) is 18.8. The van der Waals surface area contributed by atoms with Crippen LogP contribution in [-0.4, -0.2) is 33.3 Å². The van der Waals surface area contributed by atoms with Gasteiger partial charge in [0, 0.05) is 5.38 Å². The minimum Gasteiger partial charge on any atom is -0.388 e. The maximum atomic E-state index is 12.3. The summed E-state index contributed by atoms with van der Waals surface area (Å²) in [7, 11) is 0. The van der Waals surface area contributed by atoms with E-state index in [0.29, 0.717) is 30.3 Å². The van der Waals surface area contributed by atoms with E-state index < -0.39 is 5.60 Å². The third-order valence-electron chi connectivity index (χ3n) is 3.54. The van der Waals surface area contributed by atoms with E-state index in [1.54, 1.807) is 5.38 Å². The lowest BCUT2D eigenvalue weighted by atomic mass is 9.92. The molecule has 102 valence electrons. The Morgan fingerprint density at radius 2 is 2.26 bits per heavy atom. The fourth-order valence-electron chi connectivity index (χ4n) is 2.41. The first-order chi connectivity index (χ1) is 9.09. The average molecular weight is 344 g/mol. The SMILES string of the molecule is O=c1c2csc(Br)c2ncn1CC1(O)CCNCC1. The largest absolute Gasteiger partial charge is 0.388 e. The average Bonchev–Trinajstić information content (AvgIpc) is 2.76. The number of thiophene rings is 1. The molecule has 5 nitrogen and oxygen atoms in total. The molecule has 1 aliphatic heterocycles. The highest BCUT2D eigenvalue weighted by atomic mass is 79.9. The van der Waals surface area contributed by atoms with E-state index in [0.717, 1.165) is 16.9 Å². The number of hydrogen-bond acceptors (Lipinski definition) is 5. The number of piperidine rings is 1. The second-order valence-corrected chi connectivity index (χ2v) is 7.12. The van der Waals surface area contributed by atoms with Crippen LogP contribution in [0.25, 0.3) is 10.9 Å². The summed E-state index contributed by atoms with van der Waals surface area (Å²) in [5, 5.41) is 16.1. The van der Waals surface area contributed by atoms with Crippen molar-refractivity contribution in [3.63, 3.8) is 0 Å². The molecule has 0 unspecified atom stereocenters. The van der Waals surface area contributed by atoms with Crippen molar-refractivity contribution in [3.8, 4) is 0 Å². The van der Waals surface area contributed by atoms with Crippen molar-refractivity contribution in [1.82, 2.24) is 14.9 Å². The van der Waals surface area contributed by atoms with Crippen LogP contribution in [0.5, 0.6) is 0 Å². The number of halogens is 1. The zero-order valence-electron chi connectivity index (χ0n) is 10.2. The minimum atomic E-state index is -0.808. The van der Waals surface area contributed by atoms with Gasteiger partial charge < -0.3 is 10.4 Å². The monoisotopic (exact) mass is 343 g/mol. The first-order valence-electron chi connectivity index (χ1n) is 6.14. The van der Waals surface area contributed by atoms with Gasteiger partial charge in [-0.05, 0) is 41.9 Å². The molecule has 0 aromatic carbocycles. The van der Waals surface area contributed by atoms with Gasteiger partial charge in [-0.1, -0.05) is 0 Å². The lowest BCUT2D eigenvalue weighted by Crippen LogP contribution is -2.46. The van der Waals surface area contributed by atoms with Crippen LogP contribution in [0.4, 0.5) is 0 Å². The molecule has 0 saturated carbocycles.